The second-order valence-electron chi connectivity index (χ2n) is 1.94. The molecule has 0 amide bonds. The summed E-state index contributed by atoms with van der Waals surface area (Å²) in [5, 5.41) is 7.14. The Morgan fingerprint density at radius 3 is 2.60 bits per heavy atom. The van der Waals surface area contributed by atoms with Gasteiger partial charge in [0.25, 0.3) is 0 Å². The molecule has 0 aliphatic heterocycles. The maximum absolute atomic E-state index is 4.60. The topological polar surface area (TPSA) is 42.2 Å². The van der Waals surface area contributed by atoms with Gasteiger partial charge < -0.3 is 9.42 Å². The van der Waals surface area contributed by atoms with E-state index in [4.69, 9.17) is 0 Å². The molecule has 0 atom stereocenters. The molecule has 1 aromatic rings. The van der Waals surface area contributed by atoms with Crippen molar-refractivity contribution in [3.05, 3.63) is 6.26 Å². The largest absolute Gasteiger partial charge is 0.353 e. The van der Waals surface area contributed by atoms with Crippen molar-refractivity contribution in [3.8, 4) is 0 Å². The van der Waals surface area contributed by atoms with Gasteiger partial charge in [-0.3, -0.25) is 0 Å². The van der Waals surface area contributed by atoms with E-state index in [-0.39, 0.29) is 0 Å². The average molecular weight is 141 g/mol. The van der Waals surface area contributed by atoms with Gasteiger partial charge in [0.2, 0.25) is 0 Å². The van der Waals surface area contributed by atoms with Crippen LogP contribution in [0.3, 0.4) is 0 Å². The van der Waals surface area contributed by atoms with Gasteiger partial charge in [0.1, 0.15) is 0 Å². The Hall–Kier alpha value is -1.06. The summed E-state index contributed by atoms with van der Waals surface area (Å²) in [5.41, 5.74) is 0. The zero-order chi connectivity index (χ0) is 7.40. The fraction of sp³-hybridized carbons (Fsp3) is 0.667. The third-order valence-electron chi connectivity index (χ3n) is 1.44. The van der Waals surface area contributed by atoms with Crippen LogP contribution >= 0.6 is 0 Å². The molecular weight excluding hydrogens is 130 g/mol. The van der Waals surface area contributed by atoms with E-state index >= 15 is 0 Å². The summed E-state index contributed by atoms with van der Waals surface area (Å²) in [6.07, 6.45) is 1.55. The first-order valence-electron chi connectivity index (χ1n) is 3.40. The molecule has 4 nitrogen and oxygen atoms in total. The van der Waals surface area contributed by atoms with E-state index < -0.39 is 0 Å². The van der Waals surface area contributed by atoms with E-state index in [9.17, 15) is 0 Å². The lowest BCUT2D eigenvalue weighted by Crippen LogP contribution is -2.21. The SMILES string of the molecule is CCN(CC)c1conn1. The lowest BCUT2D eigenvalue weighted by Gasteiger charge is -2.14. The minimum Gasteiger partial charge on any atom is -0.353 e. The number of anilines is 1. The molecule has 0 unspecified atom stereocenters. The van der Waals surface area contributed by atoms with E-state index in [1.165, 1.54) is 0 Å². The van der Waals surface area contributed by atoms with E-state index in [1.807, 2.05) is 0 Å². The highest BCUT2D eigenvalue weighted by atomic mass is 16.5. The van der Waals surface area contributed by atoms with Crippen LogP contribution in [0, 0.1) is 0 Å². The number of hydrogen-bond acceptors (Lipinski definition) is 4. The van der Waals surface area contributed by atoms with Gasteiger partial charge in [-0.1, -0.05) is 5.10 Å². The van der Waals surface area contributed by atoms with Crippen LogP contribution < -0.4 is 4.90 Å². The van der Waals surface area contributed by atoms with Gasteiger partial charge in [0, 0.05) is 18.4 Å². The highest BCUT2D eigenvalue weighted by Crippen LogP contribution is 2.06. The first kappa shape index (κ1) is 7.05. The molecule has 0 fully saturated rings. The van der Waals surface area contributed by atoms with E-state index in [0.29, 0.717) is 0 Å². The summed E-state index contributed by atoms with van der Waals surface area (Å²) in [4.78, 5) is 2.07. The smallest absolute Gasteiger partial charge is 0.192 e. The van der Waals surface area contributed by atoms with Gasteiger partial charge >= 0.3 is 0 Å². The number of nitrogens with zero attached hydrogens (tertiary/aromatic N) is 3. The van der Waals surface area contributed by atoms with Crippen LogP contribution in [0.5, 0.6) is 0 Å². The molecule has 0 aliphatic carbocycles. The van der Waals surface area contributed by atoms with Crippen LogP contribution in [0.2, 0.25) is 0 Å². The Labute approximate surface area is 59.8 Å². The van der Waals surface area contributed by atoms with Crippen molar-refractivity contribution < 1.29 is 4.52 Å². The zero-order valence-corrected chi connectivity index (χ0v) is 6.24. The Kier molecular flexibility index (Phi) is 2.25. The molecular formula is C6H11N3O. The van der Waals surface area contributed by atoms with Crippen LogP contribution in [0.15, 0.2) is 10.8 Å². The molecule has 1 heterocycles. The van der Waals surface area contributed by atoms with Gasteiger partial charge in [-0.2, -0.15) is 0 Å². The van der Waals surface area contributed by atoms with Crippen molar-refractivity contribution in [1.82, 2.24) is 10.4 Å². The van der Waals surface area contributed by atoms with Gasteiger partial charge in [-0.05, 0) is 13.8 Å². The van der Waals surface area contributed by atoms with Crippen molar-refractivity contribution >= 4 is 5.82 Å². The molecule has 0 bridgehead atoms. The fourth-order valence-electron chi connectivity index (χ4n) is 0.845. The molecule has 10 heavy (non-hydrogen) atoms. The lowest BCUT2D eigenvalue weighted by molar-refractivity contribution is 0.393. The standard InChI is InChI=1S/C6H11N3O/c1-3-9(4-2)6-5-10-8-7-6/h5H,3-4H2,1-2H3. The molecule has 0 N–H and O–H groups in total. The molecule has 0 aromatic carbocycles. The average Bonchev–Trinajstić information content (AvgIpc) is 2.43. The number of rotatable bonds is 3. The third-order valence-corrected chi connectivity index (χ3v) is 1.44. The number of aromatic nitrogens is 2. The van der Waals surface area contributed by atoms with E-state index in [0.717, 1.165) is 18.9 Å². The second kappa shape index (κ2) is 3.20. The van der Waals surface area contributed by atoms with Crippen molar-refractivity contribution in [2.75, 3.05) is 18.0 Å². The molecule has 0 saturated heterocycles. The van der Waals surface area contributed by atoms with Gasteiger partial charge in [0.05, 0.1) is 0 Å². The summed E-state index contributed by atoms with van der Waals surface area (Å²) in [6.45, 7) is 6.01. The molecule has 0 saturated carbocycles. The summed E-state index contributed by atoms with van der Waals surface area (Å²) < 4.78 is 4.60. The predicted octanol–water partition coefficient (Wildman–Crippen LogP) is 0.916. The van der Waals surface area contributed by atoms with Crippen molar-refractivity contribution in [2.24, 2.45) is 0 Å². The number of hydrogen-bond donors (Lipinski definition) is 0. The highest BCUT2D eigenvalue weighted by molar-refractivity contribution is 5.31. The Balaban J connectivity index is 2.64. The second-order valence-corrected chi connectivity index (χ2v) is 1.94. The Bertz CT molecular complexity index is 169. The molecule has 0 radical (unpaired) electrons. The first-order chi connectivity index (χ1) is 4.88. The van der Waals surface area contributed by atoms with Crippen LogP contribution in [0.4, 0.5) is 5.82 Å². The zero-order valence-electron chi connectivity index (χ0n) is 6.24. The summed E-state index contributed by atoms with van der Waals surface area (Å²) in [6, 6.07) is 0. The fourth-order valence-corrected chi connectivity index (χ4v) is 0.845. The van der Waals surface area contributed by atoms with Crippen molar-refractivity contribution in [1.29, 1.82) is 0 Å². The van der Waals surface area contributed by atoms with Crippen molar-refractivity contribution in [3.63, 3.8) is 0 Å². The predicted molar refractivity (Wildman–Crippen MR) is 37.9 cm³/mol. The first-order valence-corrected chi connectivity index (χ1v) is 3.40. The maximum Gasteiger partial charge on any atom is 0.192 e. The minimum absolute atomic E-state index is 0.810. The normalized spacial score (nSPS) is 9.80. The highest BCUT2D eigenvalue weighted by Gasteiger charge is 2.03. The Morgan fingerprint density at radius 1 is 1.50 bits per heavy atom. The van der Waals surface area contributed by atoms with E-state index in [1.54, 1.807) is 6.26 Å². The molecule has 1 aromatic heterocycles. The summed E-state index contributed by atoms with van der Waals surface area (Å²) in [5.74, 6) is 0.810. The molecule has 0 aliphatic rings. The summed E-state index contributed by atoms with van der Waals surface area (Å²) >= 11 is 0. The van der Waals surface area contributed by atoms with Gasteiger partial charge in [0.15, 0.2) is 12.1 Å². The van der Waals surface area contributed by atoms with E-state index in [2.05, 4.69) is 33.6 Å². The molecule has 1 rings (SSSR count). The van der Waals surface area contributed by atoms with Crippen LogP contribution in [-0.2, 0) is 0 Å². The van der Waals surface area contributed by atoms with Crippen molar-refractivity contribution in [2.45, 2.75) is 13.8 Å². The monoisotopic (exact) mass is 141 g/mol. The van der Waals surface area contributed by atoms with Gasteiger partial charge in [-0.25, -0.2) is 0 Å². The van der Waals surface area contributed by atoms with Crippen LogP contribution in [0.1, 0.15) is 13.8 Å². The van der Waals surface area contributed by atoms with Crippen LogP contribution in [-0.4, -0.2) is 23.5 Å². The Morgan fingerprint density at radius 2 is 2.20 bits per heavy atom. The quantitative estimate of drug-likeness (QED) is 0.627. The molecule has 0 spiro atoms. The van der Waals surface area contributed by atoms with Gasteiger partial charge in [-0.15, -0.1) is 0 Å². The molecule has 56 valence electrons. The summed E-state index contributed by atoms with van der Waals surface area (Å²) in [7, 11) is 0. The third kappa shape index (κ3) is 1.26. The lowest BCUT2D eigenvalue weighted by atomic mass is 10.5. The van der Waals surface area contributed by atoms with Crippen LogP contribution in [0.25, 0.3) is 0 Å². The maximum atomic E-state index is 4.60. The molecule has 4 heteroatoms. The minimum atomic E-state index is 0.810.